The molecular weight excluding hydrogens is 250 g/mol. The minimum Gasteiger partial charge on any atom is -0.481 e. The highest BCUT2D eigenvalue weighted by Gasteiger charge is 2.25. The first-order valence-electron chi connectivity index (χ1n) is 7.58. The van der Waals surface area contributed by atoms with Crippen molar-refractivity contribution in [3.63, 3.8) is 0 Å². The van der Waals surface area contributed by atoms with Crippen molar-refractivity contribution in [3.05, 3.63) is 35.4 Å². The lowest BCUT2D eigenvalue weighted by Gasteiger charge is -2.17. The predicted molar refractivity (Wildman–Crippen MR) is 80.9 cm³/mol. The van der Waals surface area contributed by atoms with Crippen molar-refractivity contribution in [1.82, 2.24) is 5.32 Å². The number of benzene rings is 1. The van der Waals surface area contributed by atoms with Gasteiger partial charge < -0.3 is 10.4 Å². The van der Waals surface area contributed by atoms with E-state index in [2.05, 4.69) is 43.4 Å². The van der Waals surface area contributed by atoms with E-state index in [9.17, 15) is 4.79 Å². The third-order valence-corrected chi connectivity index (χ3v) is 3.62. The van der Waals surface area contributed by atoms with E-state index >= 15 is 0 Å². The Hall–Kier alpha value is -1.35. The second kappa shape index (κ2) is 6.89. The van der Waals surface area contributed by atoms with Gasteiger partial charge in [0.25, 0.3) is 0 Å². The predicted octanol–water partition coefficient (Wildman–Crippen LogP) is 3.02. The summed E-state index contributed by atoms with van der Waals surface area (Å²) in [6, 6.07) is 9.21. The van der Waals surface area contributed by atoms with Crippen molar-refractivity contribution in [2.24, 2.45) is 5.92 Å². The molecular formula is C17H25NO2. The van der Waals surface area contributed by atoms with Crippen molar-refractivity contribution < 1.29 is 9.90 Å². The van der Waals surface area contributed by atoms with Crippen LogP contribution >= 0.6 is 0 Å². The summed E-state index contributed by atoms with van der Waals surface area (Å²) in [6.45, 7) is 4.44. The highest BCUT2D eigenvalue weighted by Crippen LogP contribution is 2.21. The standard InChI is InChI=1S/C17H25NO2/c1-12(2)9-13-3-5-14(6-4-13)10-16(11-17(19)20)18-15-7-8-15/h3-6,12,15-16,18H,7-11H2,1-2H3,(H,19,20). The van der Waals surface area contributed by atoms with E-state index in [1.165, 1.54) is 24.0 Å². The summed E-state index contributed by atoms with van der Waals surface area (Å²) in [4.78, 5) is 10.9. The first-order chi connectivity index (χ1) is 9.52. The van der Waals surface area contributed by atoms with Crippen LogP contribution in [0.15, 0.2) is 24.3 Å². The Labute approximate surface area is 121 Å². The van der Waals surface area contributed by atoms with Crippen LogP contribution in [0.5, 0.6) is 0 Å². The van der Waals surface area contributed by atoms with Crippen LogP contribution in [0.3, 0.4) is 0 Å². The highest BCUT2D eigenvalue weighted by molar-refractivity contribution is 5.67. The maximum Gasteiger partial charge on any atom is 0.304 e. The lowest BCUT2D eigenvalue weighted by molar-refractivity contribution is -0.137. The molecule has 0 spiro atoms. The molecule has 1 aromatic carbocycles. The fourth-order valence-corrected chi connectivity index (χ4v) is 2.55. The molecule has 0 heterocycles. The lowest BCUT2D eigenvalue weighted by Crippen LogP contribution is -2.35. The van der Waals surface area contributed by atoms with Gasteiger partial charge in [0.05, 0.1) is 6.42 Å². The van der Waals surface area contributed by atoms with Gasteiger partial charge in [0.1, 0.15) is 0 Å². The van der Waals surface area contributed by atoms with Gasteiger partial charge in [0.15, 0.2) is 0 Å². The molecule has 110 valence electrons. The zero-order valence-electron chi connectivity index (χ0n) is 12.4. The van der Waals surface area contributed by atoms with E-state index in [1.54, 1.807) is 0 Å². The van der Waals surface area contributed by atoms with E-state index in [4.69, 9.17) is 5.11 Å². The first kappa shape index (κ1) is 15.0. The van der Waals surface area contributed by atoms with Gasteiger partial charge in [-0.3, -0.25) is 4.79 Å². The van der Waals surface area contributed by atoms with Gasteiger partial charge in [0.2, 0.25) is 0 Å². The van der Waals surface area contributed by atoms with E-state index in [1.807, 2.05) is 0 Å². The van der Waals surface area contributed by atoms with Crippen molar-refractivity contribution >= 4 is 5.97 Å². The lowest BCUT2D eigenvalue weighted by atomic mass is 9.98. The minimum atomic E-state index is -0.723. The number of hydrogen-bond acceptors (Lipinski definition) is 2. The molecule has 3 heteroatoms. The fourth-order valence-electron chi connectivity index (χ4n) is 2.55. The molecule has 1 fully saturated rings. The normalized spacial score (nSPS) is 16.4. The third-order valence-electron chi connectivity index (χ3n) is 3.62. The van der Waals surface area contributed by atoms with E-state index < -0.39 is 5.97 Å². The number of aliphatic carboxylic acids is 1. The molecule has 2 rings (SSSR count). The topological polar surface area (TPSA) is 49.3 Å². The molecule has 2 N–H and O–H groups in total. The molecule has 20 heavy (non-hydrogen) atoms. The maximum atomic E-state index is 10.9. The van der Waals surface area contributed by atoms with Gasteiger partial charge in [-0.25, -0.2) is 0 Å². The van der Waals surface area contributed by atoms with Crippen molar-refractivity contribution in [2.45, 2.75) is 58.0 Å². The Morgan fingerprint density at radius 2 is 1.75 bits per heavy atom. The molecule has 0 saturated heterocycles. The summed E-state index contributed by atoms with van der Waals surface area (Å²) in [6.07, 6.45) is 4.46. The molecule has 0 bridgehead atoms. The molecule has 1 aliphatic carbocycles. The van der Waals surface area contributed by atoms with Crippen molar-refractivity contribution in [2.75, 3.05) is 0 Å². The summed E-state index contributed by atoms with van der Waals surface area (Å²) in [5.41, 5.74) is 2.57. The Morgan fingerprint density at radius 3 is 2.20 bits per heavy atom. The number of carboxylic acid groups (broad SMARTS) is 1. The van der Waals surface area contributed by atoms with Gasteiger partial charge >= 0.3 is 5.97 Å². The smallest absolute Gasteiger partial charge is 0.304 e. The van der Waals surface area contributed by atoms with Gasteiger partial charge in [0, 0.05) is 12.1 Å². The fraction of sp³-hybridized carbons (Fsp3) is 0.588. The monoisotopic (exact) mass is 275 g/mol. The van der Waals surface area contributed by atoms with Crippen LogP contribution in [0.1, 0.15) is 44.2 Å². The van der Waals surface area contributed by atoms with Gasteiger partial charge in [-0.1, -0.05) is 38.1 Å². The minimum absolute atomic E-state index is 0.0518. The van der Waals surface area contributed by atoms with Crippen LogP contribution < -0.4 is 5.32 Å². The number of hydrogen-bond donors (Lipinski definition) is 2. The number of carbonyl (C=O) groups is 1. The van der Waals surface area contributed by atoms with E-state index in [0.29, 0.717) is 12.0 Å². The third kappa shape index (κ3) is 5.33. The maximum absolute atomic E-state index is 10.9. The summed E-state index contributed by atoms with van der Waals surface area (Å²) >= 11 is 0. The molecule has 1 aliphatic rings. The average Bonchev–Trinajstić information content (AvgIpc) is 3.14. The molecule has 0 radical (unpaired) electrons. The summed E-state index contributed by atoms with van der Waals surface area (Å²) < 4.78 is 0. The second-order valence-electron chi connectivity index (χ2n) is 6.35. The average molecular weight is 275 g/mol. The van der Waals surface area contributed by atoms with Crippen molar-refractivity contribution in [1.29, 1.82) is 0 Å². The molecule has 3 nitrogen and oxygen atoms in total. The van der Waals surface area contributed by atoms with Crippen LogP contribution in [0, 0.1) is 5.92 Å². The van der Waals surface area contributed by atoms with Gasteiger partial charge in [-0.15, -0.1) is 0 Å². The quantitative estimate of drug-likeness (QED) is 0.766. The first-order valence-corrected chi connectivity index (χ1v) is 7.58. The van der Waals surface area contributed by atoms with Crippen LogP contribution in [0.25, 0.3) is 0 Å². The number of carboxylic acids is 1. The SMILES string of the molecule is CC(C)Cc1ccc(CC(CC(=O)O)NC2CC2)cc1. The number of nitrogens with one attached hydrogen (secondary N) is 1. The number of rotatable bonds is 8. The molecule has 1 saturated carbocycles. The summed E-state index contributed by atoms with van der Waals surface area (Å²) in [7, 11) is 0. The summed E-state index contributed by atoms with van der Waals surface area (Å²) in [5.74, 6) is -0.0586. The van der Waals surface area contributed by atoms with Crippen LogP contribution in [0.2, 0.25) is 0 Å². The van der Waals surface area contributed by atoms with E-state index in [0.717, 1.165) is 12.8 Å². The summed E-state index contributed by atoms with van der Waals surface area (Å²) in [5, 5.41) is 12.4. The van der Waals surface area contributed by atoms with Crippen LogP contribution in [-0.4, -0.2) is 23.2 Å². The zero-order valence-corrected chi connectivity index (χ0v) is 12.4. The second-order valence-corrected chi connectivity index (χ2v) is 6.35. The van der Waals surface area contributed by atoms with Crippen molar-refractivity contribution in [3.8, 4) is 0 Å². The Bertz CT molecular complexity index is 435. The highest BCUT2D eigenvalue weighted by atomic mass is 16.4. The molecule has 0 aromatic heterocycles. The Balaban J connectivity index is 1.92. The van der Waals surface area contributed by atoms with Gasteiger partial charge in [-0.2, -0.15) is 0 Å². The molecule has 1 unspecified atom stereocenters. The molecule has 1 aromatic rings. The molecule has 0 amide bonds. The van der Waals surface area contributed by atoms with Gasteiger partial charge in [-0.05, 0) is 42.7 Å². The zero-order chi connectivity index (χ0) is 14.5. The molecule has 1 atom stereocenters. The van der Waals surface area contributed by atoms with E-state index in [-0.39, 0.29) is 12.5 Å². The van der Waals surface area contributed by atoms with Crippen LogP contribution in [-0.2, 0) is 17.6 Å². The Morgan fingerprint density at radius 1 is 1.20 bits per heavy atom. The molecule has 0 aliphatic heterocycles. The Kier molecular flexibility index (Phi) is 5.18. The largest absolute Gasteiger partial charge is 0.481 e. The van der Waals surface area contributed by atoms with Crippen LogP contribution in [0.4, 0.5) is 0 Å².